The molecule has 0 saturated heterocycles. The Morgan fingerprint density at radius 1 is 0.760 bits per heavy atom. The second-order valence-electron chi connectivity index (χ2n) is 6.10. The maximum atomic E-state index is 13.3. The van der Waals surface area contributed by atoms with Gasteiger partial charge in [-0.15, -0.1) is 0 Å². The Bertz CT molecular complexity index is 887. The van der Waals surface area contributed by atoms with Crippen LogP contribution in [0.3, 0.4) is 0 Å². The highest BCUT2D eigenvalue weighted by atomic mass is 35.5. The van der Waals surface area contributed by atoms with Crippen LogP contribution in [0.5, 0.6) is 0 Å². The van der Waals surface area contributed by atoms with Crippen LogP contribution in [0.4, 0.5) is 0 Å². The van der Waals surface area contributed by atoms with E-state index >= 15 is 0 Å². The van der Waals surface area contributed by atoms with Crippen LogP contribution >= 0.6 is 23.2 Å². The van der Waals surface area contributed by atoms with Gasteiger partial charge in [0.2, 0.25) is 5.91 Å². The zero-order valence-electron chi connectivity index (χ0n) is 13.3. The average molecular weight is 368 g/mol. The summed E-state index contributed by atoms with van der Waals surface area (Å²) in [7, 11) is 0. The SMILES string of the molecule is O=C1NCc2ccccc2C1(c1ccc(Cl)cc1)c1ccc(Cl)cc1. The Labute approximate surface area is 156 Å². The molecule has 0 fully saturated rings. The summed E-state index contributed by atoms with van der Waals surface area (Å²) in [5, 5.41) is 4.33. The first-order chi connectivity index (χ1) is 12.1. The summed E-state index contributed by atoms with van der Waals surface area (Å²) < 4.78 is 0. The van der Waals surface area contributed by atoms with Crippen molar-refractivity contribution in [2.45, 2.75) is 12.0 Å². The molecule has 0 bridgehead atoms. The lowest BCUT2D eigenvalue weighted by molar-refractivity contribution is -0.124. The van der Waals surface area contributed by atoms with Crippen molar-refractivity contribution in [2.75, 3.05) is 0 Å². The van der Waals surface area contributed by atoms with Crippen molar-refractivity contribution in [3.8, 4) is 0 Å². The number of carbonyl (C=O) groups excluding carboxylic acids is 1. The number of carbonyl (C=O) groups is 1. The molecule has 1 aliphatic heterocycles. The third-order valence-corrected chi connectivity index (χ3v) is 5.26. The quantitative estimate of drug-likeness (QED) is 0.681. The van der Waals surface area contributed by atoms with Gasteiger partial charge >= 0.3 is 0 Å². The number of hydrogen-bond donors (Lipinski definition) is 1. The fraction of sp³-hybridized carbons (Fsp3) is 0.0952. The largest absolute Gasteiger partial charge is 0.351 e. The van der Waals surface area contributed by atoms with Crippen molar-refractivity contribution < 1.29 is 4.79 Å². The molecule has 0 spiro atoms. The Balaban J connectivity index is 2.08. The van der Waals surface area contributed by atoms with E-state index in [0.29, 0.717) is 16.6 Å². The summed E-state index contributed by atoms with van der Waals surface area (Å²) in [6.45, 7) is 0.526. The van der Waals surface area contributed by atoms with E-state index in [1.165, 1.54) is 0 Å². The molecule has 124 valence electrons. The van der Waals surface area contributed by atoms with E-state index < -0.39 is 5.41 Å². The zero-order chi connectivity index (χ0) is 17.4. The van der Waals surface area contributed by atoms with Gasteiger partial charge in [-0.3, -0.25) is 4.79 Å². The molecule has 0 radical (unpaired) electrons. The van der Waals surface area contributed by atoms with Gasteiger partial charge in [0.05, 0.1) is 0 Å². The lowest BCUT2D eigenvalue weighted by Gasteiger charge is -2.39. The molecule has 4 heteroatoms. The van der Waals surface area contributed by atoms with Crippen LogP contribution in [-0.4, -0.2) is 5.91 Å². The maximum Gasteiger partial charge on any atom is 0.239 e. The Kier molecular flexibility index (Phi) is 4.03. The molecule has 1 amide bonds. The van der Waals surface area contributed by atoms with E-state index in [1.807, 2.05) is 66.7 Å². The highest BCUT2D eigenvalue weighted by Crippen LogP contribution is 2.43. The van der Waals surface area contributed by atoms with E-state index in [0.717, 1.165) is 22.3 Å². The molecule has 1 N–H and O–H groups in total. The Morgan fingerprint density at radius 2 is 1.28 bits per heavy atom. The minimum Gasteiger partial charge on any atom is -0.351 e. The summed E-state index contributed by atoms with van der Waals surface area (Å²) in [4.78, 5) is 13.3. The number of halogens is 2. The molecule has 0 saturated carbocycles. The molecule has 3 aromatic carbocycles. The molecule has 0 aliphatic carbocycles. The van der Waals surface area contributed by atoms with Crippen molar-refractivity contribution in [3.05, 3.63) is 105 Å². The van der Waals surface area contributed by atoms with Crippen LogP contribution in [0.25, 0.3) is 0 Å². The number of fused-ring (bicyclic) bond motifs is 1. The van der Waals surface area contributed by atoms with Crippen LogP contribution in [0, 0.1) is 0 Å². The summed E-state index contributed by atoms with van der Waals surface area (Å²) in [6, 6.07) is 23.0. The van der Waals surface area contributed by atoms with Crippen LogP contribution in [0.2, 0.25) is 10.0 Å². The Morgan fingerprint density at radius 3 is 1.84 bits per heavy atom. The van der Waals surface area contributed by atoms with Gasteiger partial charge in [0.1, 0.15) is 5.41 Å². The number of rotatable bonds is 2. The number of nitrogens with one attached hydrogen (secondary N) is 1. The van der Waals surface area contributed by atoms with Crippen molar-refractivity contribution in [3.63, 3.8) is 0 Å². The van der Waals surface area contributed by atoms with E-state index in [9.17, 15) is 4.79 Å². The van der Waals surface area contributed by atoms with E-state index in [4.69, 9.17) is 23.2 Å². The summed E-state index contributed by atoms with van der Waals surface area (Å²) in [5.74, 6) is -0.0455. The molecule has 2 nitrogen and oxygen atoms in total. The van der Waals surface area contributed by atoms with Gasteiger partial charge in [-0.1, -0.05) is 71.7 Å². The van der Waals surface area contributed by atoms with Gasteiger partial charge in [-0.05, 0) is 46.5 Å². The molecule has 1 aliphatic rings. The first kappa shape index (κ1) is 16.2. The normalized spacial score (nSPS) is 15.4. The fourth-order valence-corrected chi connectivity index (χ4v) is 3.86. The van der Waals surface area contributed by atoms with Gasteiger partial charge in [-0.25, -0.2) is 0 Å². The van der Waals surface area contributed by atoms with Crippen LogP contribution < -0.4 is 5.32 Å². The van der Waals surface area contributed by atoms with E-state index in [2.05, 4.69) is 11.4 Å². The lowest BCUT2D eigenvalue weighted by atomic mass is 9.66. The molecular weight excluding hydrogens is 353 g/mol. The topological polar surface area (TPSA) is 29.1 Å². The average Bonchev–Trinajstić information content (AvgIpc) is 2.64. The van der Waals surface area contributed by atoms with Crippen molar-refractivity contribution >= 4 is 29.1 Å². The molecule has 25 heavy (non-hydrogen) atoms. The molecule has 4 rings (SSSR count). The van der Waals surface area contributed by atoms with Crippen molar-refractivity contribution in [1.82, 2.24) is 5.32 Å². The van der Waals surface area contributed by atoms with E-state index in [-0.39, 0.29) is 5.91 Å². The minimum atomic E-state index is -0.927. The molecule has 3 aromatic rings. The van der Waals surface area contributed by atoms with E-state index in [1.54, 1.807) is 0 Å². The molecular formula is C21H15Cl2NO. The minimum absolute atomic E-state index is 0.0455. The van der Waals surface area contributed by atoms with Gasteiger partial charge in [-0.2, -0.15) is 0 Å². The van der Waals surface area contributed by atoms with Crippen LogP contribution in [-0.2, 0) is 16.8 Å². The number of benzene rings is 3. The summed E-state index contributed by atoms with van der Waals surface area (Å²) in [5.41, 5.74) is 2.92. The third-order valence-electron chi connectivity index (χ3n) is 4.76. The predicted molar refractivity (Wildman–Crippen MR) is 101 cm³/mol. The second-order valence-corrected chi connectivity index (χ2v) is 6.98. The summed E-state index contributed by atoms with van der Waals surface area (Å²) in [6.07, 6.45) is 0. The van der Waals surface area contributed by atoms with Gasteiger partial charge in [0.15, 0.2) is 0 Å². The monoisotopic (exact) mass is 367 g/mol. The second kappa shape index (κ2) is 6.21. The van der Waals surface area contributed by atoms with Crippen molar-refractivity contribution in [2.24, 2.45) is 0 Å². The van der Waals surface area contributed by atoms with Gasteiger partial charge in [0, 0.05) is 16.6 Å². The lowest BCUT2D eigenvalue weighted by Crippen LogP contribution is -2.50. The smallest absolute Gasteiger partial charge is 0.239 e. The maximum absolute atomic E-state index is 13.3. The first-order valence-electron chi connectivity index (χ1n) is 8.01. The predicted octanol–water partition coefficient (Wildman–Crippen LogP) is 4.96. The Hall–Kier alpha value is -2.29. The number of hydrogen-bond acceptors (Lipinski definition) is 1. The van der Waals surface area contributed by atoms with Crippen LogP contribution in [0.15, 0.2) is 72.8 Å². The van der Waals surface area contributed by atoms with Gasteiger partial charge < -0.3 is 5.32 Å². The third kappa shape index (κ3) is 2.53. The molecule has 0 unspecified atom stereocenters. The fourth-order valence-electron chi connectivity index (χ4n) is 3.61. The molecule has 1 heterocycles. The van der Waals surface area contributed by atoms with Crippen molar-refractivity contribution in [1.29, 1.82) is 0 Å². The summed E-state index contributed by atoms with van der Waals surface area (Å²) >= 11 is 12.2. The first-order valence-corrected chi connectivity index (χ1v) is 8.77. The highest BCUT2D eigenvalue weighted by molar-refractivity contribution is 6.30. The molecule has 0 atom stereocenters. The number of amides is 1. The van der Waals surface area contributed by atoms with Crippen LogP contribution in [0.1, 0.15) is 22.3 Å². The molecule has 0 aromatic heterocycles. The standard InChI is InChI=1S/C21H15Cl2NO/c22-17-9-5-15(6-10-17)21(16-7-11-18(23)12-8-16)19-4-2-1-3-14(19)13-24-20(21)25/h1-12H,13H2,(H,24,25). The zero-order valence-corrected chi connectivity index (χ0v) is 14.8. The van der Waals surface area contributed by atoms with Gasteiger partial charge in [0.25, 0.3) is 0 Å². The highest BCUT2D eigenvalue weighted by Gasteiger charge is 2.47.